The van der Waals surface area contributed by atoms with E-state index in [-0.39, 0.29) is 5.82 Å². The lowest BCUT2D eigenvalue weighted by Crippen LogP contribution is -2.27. The molecule has 1 aromatic carbocycles. The van der Waals surface area contributed by atoms with Gasteiger partial charge in [0.25, 0.3) is 0 Å². The topological polar surface area (TPSA) is 33.1 Å². The summed E-state index contributed by atoms with van der Waals surface area (Å²) in [6.45, 7) is 5.64. The van der Waals surface area contributed by atoms with E-state index in [2.05, 4.69) is 35.5 Å². The number of aryl methyl sites for hydroxylation is 1. The third-order valence-corrected chi connectivity index (χ3v) is 3.46. The van der Waals surface area contributed by atoms with Crippen LogP contribution in [-0.4, -0.2) is 41.9 Å². The quantitative estimate of drug-likeness (QED) is 0.850. The molecule has 0 amide bonds. The molecular weight excluding hydrogens is 267 g/mol. The van der Waals surface area contributed by atoms with E-state index in [0.29, 0.717) is 0 Å². The Bertz CT molecular complexity index is 562. The van der Waals surface area contributed by atoms with Crippen LogP contribution in [0.15, 0.2) is 30.5 Å². The Morgan fingerprint density at radius 1 is 1.29 bits per heavy atom. The highest BCUT2D eigenvalue weighted by atomic mass is 19.1. The molecule has 0 atom stereocenters. The van der Waals surface area contributed by atoms with Crippen molar-refractivity contribution in [3.8, 4) is 11.3 Å². The van der Waals surface area contributed by atoms with Gasteiger partial charge in [-0.3, -0.25) is 4.68 Å². The molecule has 0 radical (unpaired) electrons. The number of aromatic nitrogens is 2. The van der Waals surface area contributed by atoms with Gasteiger partial charge < -0.3 is 10.2 Å². The zero-order valence-electron chi connectivity index (χ0n) is 12.9. The van der Waals surface area contributed by atoms with E-state index >= 15 is 0 Å². The van der Waals surface area contributed by atoms with Crippen LogP contribution >= 0.6 is 0 Å². The van der Waals surface area contributed by atoms with Gasteiger partial charge in [-0.05, 0) is 45.3 Å². The highest BCUT2D eigenvalue weighted by Crippen LogP contribution is 2.23. The number of benzene rings is 1. The first-order valence-electron chi connectivity index (χ1n) is 7.29. The molecule has 0 fully saturated rings. The minimum atomic E-state index is -0.221. The van der Waals surface area contributed by atoms with Crippen molar-refractivity contribution in [3.05, 3.63) is 41.8 Å². The smallest absolute Gasteiger partial charge is 0.123 e. The molecule has 2 rings (SSSR count). The first-order chi connectivity index (χ1) is 10.1. The number of hydrogen-bond donors (Lipinski definition) is 1. The van der Waals surface area contributed by atoms with Crippen molar-refractivity contribution in [1.82, 2.24) is 20.0 Å². The Morgan fingerprint density at radius 3 is 2.62 bits per heavy atom. The van der Waals surface area contributed by atoms with E-state index in [1.807, 2.05) is 11.7 Å². The van der Waals surface area contributed by atoms with Crippen molar-refractivity contribution in [3.63, 3.8) is 0 Å². The molecule has 0 aliphatic rings. The van der Waals surface area contributed by atoms with Gasteiger partial charge in [-0.2, -0.15) is 5.10 Å². The monoisotopic (exact) mass is 290 g/mol. The second kappa shape index (κ2) is 7.33. The van der Waals surface area contributed by atoms with Gasteiger partial charge in [0.1, 0.15) is 5.82 Å². The van der Waals surface area contributed by atoms with Crippen molar-refractivity contribution >= 4 is 0 Å². The van der Waals surface area contributed by atoms with E-state index in [4.69, 9.17) is 0 Å². The predicted molar refractivity (Wildman–Crippen MR) is 83.6 cm³/mol. The standard InChI is InChI=1S/C16H23FN4/c1-4-21-12-14(11-20(3)10-9-18-2)16(19-21)13-5-7-15(17)8-6-13/h5-8,12,18H,4,9-11H2,1-3H3. The van der Waals surface area contributed by atoms with Crippen LogP contribution in [0, 0.1) is 5.82 Å². The Morgan fingerprint density at radius 2 is 2.00 bits per heavy atom. The highest BCUT2D eigenvalue weighted by Gasteiger charge is 2.12. The maximum absolute atomic E-state index is 13.1. The molecule has 0 saturated heterocycles. The fraction of sp³-hybridized carbons (Fsp3) is 0.438. The summed E-state index contributed by atoms with van der Waals surface area (Å²) in [7, 11) is 4.04. The van der Waals surface area contributed by atoms with Crippen LogP contribution in [0.25, 0.3) is 11.3 Å². The van der Waals surface area contributed by atoms with Crippen molar-refractivity contribution in [2.24, 2.45) is 0 Å². The number of nitrogens with one attached hydrogen (secondary N) is 1. The Labute approximate surface area is 125 Å². The summed E-state index contributed by atoms with van der Waals surface area (Å²) in [6.07, 6.45) is 2.08. The van der Waals surface area contributed by atoms with Gasteiger partial charge in [-0.1, -0.05) is 0 Å². The third-order valence-electron chi connectivity index (χ3n) is 3.46. The summed E-state index contributed by atoms with van der Waals surface area (Å²) in [5, 5.41) is 7.76. The first kappa shape index (κ1) is 15.7. The lowest BCUT2D eigenvalue weighted by molar-refractivity contribution is 0.328. The van der Waals surface area contributed by atoms with E-state index in [0.717, 1.165) is 37.4 Å². The van der Waals surface area contributed by atoms with E-state index < -0.39 is 0 Å². The van der Waals surface area contributed by atoms with Gasteiger partial charge in [0.2, 0.25) is 0 Å². The van der Waals surface area contributed by atoms with Gasteiger partial charge in [-0.25, -0.2) is 4.39 Å². The molecule has 0 aliphatic heterocycles. The fourth-order valence-electron chi connectivity index (χ4n) is 2.26. The Balaban J connectivity index is 2.23. The van der Waals surface area contributed by atoms with Crippen LogP contribution in [0.1, 0.15) is 12.5 Å². The number of hydrogen-bond acceptors (Lipinski definition) is 3. The van der Waals surface area contributed by atoms with Gasteiger partial charge >= 0.3 is 0 Å². The molecule has 21 heavy (non-hydrogen) atoms. The summed E-state index contributed by atoms with van der Waals surface area (Å²) < 4.78 is 15.0. The normalized spacial score (nSPS) is 11.3. The van der Waals surface area contributed by atoms with Crippen molar-refractivity contribution in [1.29, 1.82) is 0 Å². The molecule has 1 aromatic heterocycles. The maximum atomic E-state index is 13.1. The lowest BCUT2D eigenvalue weighted by Gasteiger charge is -2.16. The molecule has 0 spiro atoms. The zero-order chi connectivity index (χ0) is 15.2. The zero-order valence-corrected chi connectivity index (χ0v) is 12.9. The molecule has 0 bridgehead atoms. The summed E-state index contributed by atoms with van der Waals surface area (Å²) in [5.74, 6) is -0.221. The average Bonchev–Trinajstić information content (AvgIpc) is 2.89. The summed E-state index contributed by atoms with van der Waals surface area (Å²) >= 11 is 0. The predicted octanol–water partition coefficient (Wildman–Crippen LogP) is 2.36. The molecule has 1 N–H and O–H groups in total. The van der Waals surface area contributed by atoms with E-state index in [1.165, 1.54) is 17.7 Å². The van der Waals surface area contributed by atoms with E-state index in [9.17, 15) is 4.39 Å². The first-order valence-corrected chi connectivity index (χ1v) is 7.29. The van der Waals surface area contributed by atoms with Crippen molar-refractivity contribution < 1.29 is 4.39 Å². The van der Waals surface area contributed by atoms with E-state index in [1.54, 1.807) is 12.1 Å². The molecule has 1 heterocycles. The molecule has 0 saturated carbocycles. The summed E-state index contributed by atoms with van der Waals surface area (Å²) in [5.41, 5.74) is 3.07. The second-order valence-electron chi connectivity index (χ2n) is 5.21. The molecule has 4 nitrogen and oxygen atoms in total. The molecule has 0 aliphatic carbocycles. The molecule has 0 unspecified atom stereocenters. The second-order valence-corrected chi connectivity index (χ2v) is 5.21. The lowest BCUT2D eigenvalue weighted by atomic mass is 10.1. The Kier molecular flexibility index (Phi) is 5.47. The van der Waals surface area contributed by atoms with Gasteiger partial charge in [0.05, 0.1) is 5.69 Å². The van der Waals surface area contributed by atoms with Crippen LogP contribution in [0.5, 0.6) is 0 Å². The van der Waals surface area contributed by atoms with Gasteiger partial charge in [-0.15, -0.1) is 0 Å². The number of halogens is 1. The largest absolute Gasteiger partial charge is 0.318 e. The maximum Gasteiger partial charge on any atom is 0.123 e. The van der Waals surface area contributed by atoms with Crippen LogP contribution in [0.2, 0.25) is 0 Å². The molecule has 114 valence electrons. The minimum absolute atomic E-state index is 0.221. The molecule has 5 heteroatoms. The summed E-state index contributed by atoms with van der Waals surface area (Å²) in [4.78, 5) is 2.25. The number of likely N-dealkylation sites (N-methyl/N-ethyl adjacent to an activating group) is 2. The van der Waals surface area contributed by atoms with Crippen molar-refractivity contribution in [2.75, 3.05) is 27.2 Å². The molecular formula is C16H23FN4. The Hall–Kier alpha value is -1.72. The fourth-order valence-corrected chi connectivity index (χ4v) is 2.26. The highest BCUT2D eigenvalue weighted by molar-refractivity contribution is 5.62. The van der Waals surface area contributed by atoms with Crippen molar-refractivity contribution in [2.45, 2.75) is 20.0 Å². The van der Waals surface area contributed by atoms with Crippen LogP contribution in [0.3, 0.4) is 0 Å². The third kappa shape index (κ3) is 4.12. The van der Waals surface area contributed by atoms with Gasteiger partial charge in [0.15, 0.2) is 0 Å². The minimum Gasteiger partial charge on any atom is -0.318 e. The number of nitrogens with zero attached hydrogens (tertiary/aromatic N) is 3. The van der Waals surface area contributed by atoms with Crippen LogP contribution in [-0.2, 0) is 13.1 Å². The van der Waals surface area contributed by atoms with Crippen LogP contribution < -0.4 is 5.32 Å². The number of rotatable bonds is 7. The average molecular weight is 290 g/mol. The van der Waals surface area contributed by atoms with Crippen LogP contribution in [0.4, 0.5) is 4.39 Å². The van der Waals surface area contributed by atoms with Gasteiger partial charge in [0, 0.05) is 43.5 Å². The summed E-state index contributed by atoms with van der Waals surface area (Å²) in [6, 6.07) is 6.53. The molecule has 2 aromatic rings. The SMILES string of the molecule is CCn1cc(CN(C)CCNC)c(-c2ccc(F)cc2)n1.